The lowest BCUT2D eigenvalue weighted by Crippen LogP contribution is -2.78. The highest BCUT2D eigenvalue weighted by Gasteiger charge is 2.41. The fraction of sp³-hybridized carbons (Fsp3) is 0.250. The fourth-order valence-electron chi connectivity index (χ4n) is 2.65. The van der Waals surface area contributed by atoms with E-state index < -0.39 is 51.1 Å². The summed E-state index contributed by atoms with van der Waals surface area (Å²) in [5.41, 5.74) is 0. The Bertz CT molecular complexity index is 400. The van der Waals surface area contributed by atoms with Crippen LogP contribution in [0.4, 0.5) is 5.88 Å². The third-order valence-electron chi connectivity index (χ3n) is 3.79. The topological polar surface area (TPSA) is 38.1 Å². The van der Waals surface area contributed by atoms with Gasteiger partial charge in [0.15, 0.2) is 6.39 Å². The number of nitrogens with one attached hydrogen (secondary N) is 1. The molecular formula is C4H6B18N2O. The van der Waals surface area contributed by atoms with Crippen molar-refractivity contribution in [2.45, 2.75) is 0 Å². The van der Waals surface area contributed by atoms with E-state index in [1.54, 1.807) is 13.2 Å². The standard InChI is InChI=1S/C4H6N2O.B18/c1-5-4-2-6-3-7-4;1-11(2)16(12(3)4)18(15(9)10)17(13(5)6)14(7)8/h2-3,5H,1H3;. The minimum atomic E-state index is -0.853. The van der Waals surface area contributed by atoms with Crippen LogP contribution in [0.5, 0.6) is 0 Å². The van der Waals surface area contributed by atoms with Gasteiger partial charge in [-0.15, -0.1) is 0 Å². The van der Waals surface area contributed by atoms with E-state index in [1.807, 2.05) is 0 Å². The molecule has 0 aliphatic carbocycles. The zero-order chi connectivity index (χ0) is 19.7. The van der Waals surface area contributed by atoms with Crippen LogP contribution in [0.15, 0.2) is 17.0 Å². The van der Waals surface area contributed by atoms with Crippen LogP contribution in [0.2, 0.25) is 0 Å². The number of hydrogen-bond acceptors (Lipinski definition) is 3. The number of hydrogen-bond donors (Lipinski definition) is 1. The molecule has 0 aliphatic rings. The summed E-state index contributed by atoms with van der Waals surface area (Å²) >= 11 is 0. The molecule has 0 amide bonds. The maximum absolute atomic E-state index is 5.72. The van der Waals surface area contributed by atoms with Gasteiger partial charge in [-0.1, -0.05) is 0 Å². The summed E-state index contributed by atoms with van der Waals surface area (Å²) in [5, 5.41) is 2.78. The maximum Gasteiger partial charge on any atom is 0.213 e. The molecular weight excluding hydrogens is 287 g/mol. The van der Waals surface area contributed by atoms with Gasteiger partial charge in [-0.05, 0) is 0 Å². The first kappa shape index (κ1) is 25.2. The molecule has 1 aromatic heterocycles. The van der Waals surface area contributed by atoms with Crippen molar-refractivity contribution in [3.05, 3.63) is 12.6 Å². The lowest BCUT2D eigenvalue weighted by molar-refractivity contribution is 0.573. The molecule has 1 heterocycles. The minimum absolute atomic E-state index is 0.593. The minimum Gasteiger partial charge on any atom is -0.428 e. The molecule has 0 aliphatic heterocycles. The van der Waals surface area contributed by atoms with E-state index >= 15 is 0 Å². The summed E-state index contributed by atoms with van der Waals surface area (Å²) in [5.74, 6) is 0.694. The largest absolute Gasteiger partial charge is 0.428 e. The third kappa shape index (κ3) is 8.60. The second-order valence-corrected chi connectivity index (χ2v) is 5.73. The molecule has 0 bridgehead atoms. The monoisotopic (exact) mass is 296 g/mol. The van der Waals surface area contributed by atoms with Gasteiger partial charge in [0.25, 0.3) is 0 Å². The molecule has 21 heteroatoms. The van der Waals surface area contributed by atoms with Crippen LogP contribution in [-0.2, 0) is 0 Å². The van der Waals surface area contributed by atoms with Gasteiger partial charge < -0.3 is 9.73 Å². The van der Waals surface area contributed by atoms with Crippen LogP contribution in [0.25, 0.3) is 0 Å². The van der Waals surface area contributed by atoms with Crippen LogP contribution >= 0.6 is 0 Å². The van der Waals surface area contributed by atoms with Gasteiger partial charge in [-0.25, -0.2) is 4.98 Å². The van der Waals surface area contributed by atoms with Crippen molar-refractivity contribution in [1.82, 2.24) is 4.98 Å². The molecule has 0 saturated heterocycles. The predicted molar refractivity (Wildman–Crippen MR) is 130 cm³/mol. The first-order valence-corrected chi connectivity index (χ1v) is 7.66. The molecule has 20 radical (unpaired) electrons. The number of oxazole rings is 1. The Balaban J connectivity index is 0.000000676. The van der Waals surface area contributed by atoms with Crippen molar-refractivity contribution in [2.24, 2.45) is 0 Å². The molecule has 1 N–H and O–H groups in total. The highest BCUT2D eigenvalue weighted by Crippen LogP contribution is 2.03. The van der Waals surface area contributed by atoms with Gasteiger partial charge in [0.05, 0.1) is 6.20 Å². The van der Waals surface area contributed by atoms with Gasteiger partial charge in [0.1, 0.15) is 0 Å². The Morgan fingerprint density at radius 2 is 1.08 bits per heavy atom. The van der Waals surface area contributed by atoms with Crippen LogP contribution in [0.1, 0.15) is 0 Å². The molecule has 92 valence electrons. The van der Waals surface area contributed by atoms with Gasteiger partial charge >= 0.3 is 0 Å². The summed E-state index contributed by atoms with van der Waals surface area (Å²) in [7, 11) is 58.5. The van der Waals surface area contributed by atoms with Crippen LogP contribution < -0.4 is 5.32 Å². The maximum atomic E-state index is 5.72. The molecule has 1 rings (SSSR count). The van der Waals surface area contributed by atoms with E-state index in [0.717, 1.165) is 0 Å². The van der Waals surface area contributed by atoms with Gasteiger partial charge in [0, 0.05) is 135 Å². The summed E-state index contributed by atoms with van der Waals surface area (Å²) in [6.45, 7) is 0. The van der Waals surface area contributed by atoms with E-state index in [0.29, 0.717) is 5.88 Å². The zero-order valence-corrected chi connectivity index (χ0v) is 14.4. The van der Waals surface area contributed by atoms with E-state index in [-0.39, 0.29) is 0 Å². The molecule has 0 atom stereocenters. The SMILES string of the molecule is CNc1cnco1.[B]B([B])B(B([B])[B])B(B([B])[B])B(B([B])[B])B([B])[B]. The molecule has 0 aromatic carbocycles. The fourth-order valence-corrected chi connectivity index (χ4v) is 2.65. The van der Waals surface area contributed by atoms with Gasteiger partial charge in [-0.2, -0.15) is 0 Å². The van der Waals surface area contributed by atoms with Crippen molar-refractivity contribution >= 4 is 134 Å². The number of anilines is 1. The third-order valence-corrected chi connectivity index (χ3v) is 3.79. The summed E-state index contributed by atoms with van der Waals surface area (Å²) in [4.78, 5) is 3.66. The lowest BCUT2D eigenvalue weighted by Gasteiger charge is -2.40. The number of rotatable bonds is 8. The van der Waals surface area contributed by atoms with E-state index in [2.05, 4.69) is 10.3 Å². The van der Waals surface area contributed by atoms with Crippen LogP contribution in [0, 0.1) is 0 Å². The molecule has 0 unspecified atom stereocenters. The molecule has 0 saturated carbocycles. The predicted octanol–water partition coefficient (Wildman–Crippen LogP) is -6.14. The smallest absolute Gasteiger partial charge is 0.213 e. The summed E-state index contributed by atoms with van der Waals surface area (Å²) < 4.78 is 4.76. The van der Waals surface area contributed by atoms with E-state index in [9.17, 15) is 0 Å². The highest BCUT2D eigenvalue weighted by atomic mass is 16.4. The number of nitrogens with zero attached hydrogens (tertiary/aromatic N) is 1. The summed E-state index contributed by atoms with van der Waals surface area (Å²) in [6.07, 6.45) is -3.05. The van der Waals surface area contributed by atoms with Crippen LogP contribution in [-0.4, -0.2) is 140 Å². The molecule has 1 aromatic rings. The quantitative estimate of drug-likeness (QED) is 0.485. The normalized spacial score (nSPS) is 9.00. The average molecular weight is 293 g/mol. The Morgan fingerprint density at radius 3 is 1.24 bits per heavy atom. The molecule has 3 nitrogen and oxygen atoms in total. The lowest BCUT2D eigenvalue weighted by atomic mass is 8.41. The second kappa shape index (κ2) is 12.5. The van der Waals surface area contributed by atoms with Crippen molar-refractivity contribution in [2.75, 3.05) is 12.4 Å². The van der Waals surface area contributed by atoms with Crippen molar-refractivity contribution < 1.29 is 4.42 Å². The molecule has 0 spiro atoms. The number of aromatic nitrogens is 1. The Hall–Kier alpha value is 0.179. The van der Waals surface area contributed by atoms with Crippen molar-refractivity contribution in [1.29, 1.82) is 0 Å². The molecule has 25 heavy (non-hydrogen) atoms. The Kier molecular flexibility index (Phi) is 12.6. The summed E-state index contributed by atoms with van der Waals surface area (Å²) in [6, 6.07) is 0. The van der Waals surface area contributed by atoms with Gasteiger partial charge in [0.2, 0.25) is 5.88 Å². The second-order valence-electron chi connectivity index (χ2n) is 5.73. The zero-order valence-electron chi connectivity index (χ0n) is 14.4. The van der Waals surface area contributed by atoms with E-state index in [1.165, 1.54) is 6.39 Å². The Morgan fingerprint density at radius 1 is 0.720 bits per heavy atom. The van der Waals surface area contributed by atoms with Crippen LogP contribution in [0.3, 0.4) is 0 Å². The van der Waals surface area contributed by atoms with E-state index in [4.69, 9.17) is 81.8 Å². The molecule has 0 fully saturated rings. The first-order valence-electron chi connectivity index (χ1n) is 7.66. The highest BCUT2D eigenvalue weighted by molar-refractivity contribution is 8.17. The average Bonchev–Trinajstić information content (AvgIpc) is 2.98. The van der Waals surface area contributed by atoms with Crippen molar-refractivity contribution in [3.63, 3.8) is 0 Å². The first-order chi connectivity index (χ1) is 11.5. The van der Waals surface area contributed by atoms with Gasteiger partial charge in [-0.3, -0.25) is 0 Å². The Labute approximate surface area is 168 Å². The van der Waals surface area contributed by atoms with Crippen molar-refractivity contribution in [3.8, 4) is 0 Å².